The molecule has 84 valence electrons. The van der Waals surface area contributed by atoms with Crippen molar-refractivity contribution in [2.24, 2.45) is 0 Å². The van der Waals surface area contributed by atoms with Gasteiger partial charge < -0.3 is 0 Å². The molecule has 2 aliphatic rings. The molecule has 1 aliphatic heterocycles. The van der Waals surface area contributed by atoms with Gasteiger partial charge in [-0.25, -0.2) is 4.79 Å². The normalized spacial score (nSPS) is 28.3. The molecule has 0 saturated heterocycles. The van der Waals surface area contributed by atoms with E-state index in [0.29, 0.717) is 10.5 Å². The van der Waals surface area contributed by atoms with Crippen LogP contribution in [0.3, 0.4) is 0 Å². The molecule has 16 heavy (non-hydrogen) atoms. The number of benzene rings is 1. The number of fused-ring (bicyclic) bond motifs is 1. The molecule has 1 aromatic rings. The van der Waals surface area contributed by atoms with Crippen molar-refractivity contribution in [3.8, 4) is 0 Å². The summed E-state index contributed by atoms with van der Waals surface area (Å²) in [5.74, 6) is 0.276. The van der Waals surface area contributed by atoms with Gasteiger partial charge in [0.2, 0.25) is 0 Å². The first kappa shape index (κ1) is 11.0. The second kappa shape index (κ2) is 3.43. The van der Waals surface area contributed by atoms with Gasteiger partial charge in [-0.3, -0.25) is 4.48 Å². The highest BCUT2D eigenvalue weighted by Crippen LogP contribution is 2.42. The predicted molar refractivity (Wildman–Crippen MR) is 71.4 cm³/mol. The minimum Gasteiger partial charge on any atom is -0.252 e. The van der Waals surface area contributed by atoms with Crippen LogP contribution in [-0.2, 0) is 6.54 Å². The van der Waals surface area contributed by atoms with Crippen molar-refractivity contribution < 1.29 is 9.28 Å². The lowest BCUT2D eigenvalue weighted by Gasteiger charge is -2.25. The number of halogens is 2. The van der Waals surface area contributed by atoms with Crippen LogP contribution in [0.15, 0.2) is 12.1 Å². The van der Waals surface area contributed by atoms with Gasteiger partial charge in [0, 0.05) is 27.0 Å². The zero-order valence-electron chi connectivity index (χ0n) is 8.96. The molecule has 1 amide bonds. The summed E-state index contributed by atoms with van der Waals surface area (Å²) in [7, 11) is 2.06. The second-order valence-electron chi connectivity index (χ2n) is 4.88. The smallest absolute Gasteiger partial charge is 0.252 e. The lowest BCUT2D eigenvalue weighted by Crippen LogP contribution is -2.46. The van der Waals surface area contributed by atoms with E-state index in [2.05, 4.69) is 29.6 Å². The standard InChI is InChI=1S/C12H12ClINO/c1-15(9-2-3-9)6-7-4-8(13)5-10(14)11(7)12(15)16/h4-5,9H,2-3,6H2,1H3/q+1. The van der Waals surface area contributed by atoms with E-state index in [4.69, 9.17) is 11.6 Å². The molecular formula is C12H12ClINO+. The summed E-state index contributed by atoms with van der Waals surface area (Å²) in [5.41, 5.74) is 2.02. The first-order valence-corrected chi connectivity index (χ1v) is 6.86. The van der Waals surface area contributed by atoms with E-state index in [9.17, 15) is 4.79 Å². The Labute approximate surface area is 113 Å². The molecule has 0 bridgehead atoms. The molecule has 1 unspecified atom stereocenters. The molecule has 4 heteroatoms. The van der Waals surface area contributed by atoms with E-state index in [1.165, 1.54) is 12.8 Å². The number of amides is 1. The molecule has 1 fully saturated rings. The van der Waals surface area contributed by atoms with Crippen LogP contribution in [-0.4, -0.2) is 23.5 Å². The summed E-state index contributed by atoms with van der Waals surface area (Å²) >= 11 is 8.25. The number of rotatable bonds is 1. The molecule has 1 saturated carbocycles. The fraction of sp³-hybridized carbons (Fsp3) is 0.417. The summed E-state index contributed by atoms with van der Waals surface area (Å²) < 4.78 is 1.55. The van der Waals surface area contributed by atoms with E-state index in [0.717, 1.165) is 26.3 Å². The van der Waals surface area contributed by atoms with Crippen LogP contribution < -0.4 is 0 Å². The van der Waals surface area contributed by atoms with Crippen LogP contribution in [0.5, 0.6) is 0 Å². The monoisotopic (exact) mass is 348 g/mol. The number of quaternary nitrogens is 1. The van der Waals surface area contributed by atoms with Gasteiger partial charge in [0.25, 0.3) is 0 Å². The first-order valence-electron chi connectivity index (χ1n) is 5.40. The van der Waals surface area contributed by atoms with Gasteiger partial charge in [-0.1, -0.05) is 11.6 Å². The third kappa shape index (κ3) is 1.45. The molecule has 0 radical (unpaired) electrons. The topological polar surface area (TPSA) is 17.1 Å². The highest BCUT2D eigenvalue weighted by atomic mass is 127. The van der Waals surface area contributed by atoms with Gasteiger partial charge in [-0.05, 0) is 34.7 Å². The summed E-state index contributed by atoms with van der Waals surface area (Å²) in [5, 5.41) is 0.736. The van der Waals surface area contributed by atoms with Gasteiger partial charge >= 0.3 is 5.91 Å². The molecule has 0 N–H and O–H groups in total. The van der Waals surface area contributed by atoms with Gasteiger partial charge in [0.15, 0.2) is 0 Å². The van der Waals surface area contributed by atoms with E-state index in [1.807, 2.05) is 12.1 Å². The average molecular weight is 349 g/mol. The van der Waals surface area contributed by atoms with Crippen LogP contribution in [0.4, 0.5) is 0 Å². The SMILES string of the molecule is C[N+]1(C2CC2)Cc2cc(Cl)cc(I)c2C1=O. The third-order valence-corrected chi connectivity index (χ3v) is 4.74. The molecule has 0 aromatic heterocycles. The third-order valence-electron chi connectivity index (χ3n) is 3.67. The lowest BCUT2D eigenvalue weighted by atomic mass is 10.1. The van der Waals surface area contributed by atoms with Crippen LogP contribution >= 0.6 is 34.2 Å². The maximum atomic E-state index is 12.5. The van der Waals surface area contributed by atoms with Gasteiger partial charge in [0.1, 0.15) is 12.1 Å². The zero-order chi connectivity index (χ0) is 11.5. The van der Waals surface area contributed by atoms with Crippen molar-refractivity contribution in [2.75, 3.05) is 7.05 Å². The highest BCUT2D eigenvalue weighted by Gasteiger charge is 2.52. The summed E-state index contributed by atoms with van der Waals surface area (Å²) in [6, 6.07) is 4.36. The van der Waals surface area contributed by atoms with E-state index >= 15 is 0 Å². The quantitative estimate of drug-likeness (QED) is 0.563. The van der Waals surface area contributed by atoms with Gasteiger partial charge in [-0.15, -0.1) is 0 Å². The highest BCUT2D eigenvalue weighted by molar-refractivity contribution is 14.1. The van der Waals surface area contributed by atoms with Crippen molar-refractivity contribution in [1.29, 1.82) is 0 Å². The van der Waals surface area contributed by atoms with Crippen molar-refractivity contribution in [3.63, 3.8) is 0 Å². The van der Waals surface area contributed by atoms with Crippen molar-refractivity contribution in [1.82, 2.24) is 0 Å². The molecule has 1 aromatic carbocycles. The molecular weight excluding hydrogens is 336 g/mol. The Morgan fingerprint density at radius 2 is 2.12 bits per heavy atom. The van der Waals surface area contributed by atoms with Crippen molar-refractivity contribution >= 4 is 40.1 Å². The number of carbonyl (C=O) groups is 1. The van der Waals surface area contributed by atoms with Crippen LogP contribution in [0.1, 0.15) is 28.8 Å². The second-order valence-corrected chi connectivity index (χ2v) is 6.48. The number of hydrogen-bond acceptors (Lipinski definition) is 1. The molecule has 2 nitrogen and oxygen atoms in total. The minimum absolute atomic E-state index is 0.276. The maximum Gasteiger partial charge on any atom is 0.347 e. The van der Waals surface area contributed by atoms with Crippen molar-refractivity contribution in [2.45, 2.75) is 25.4 Å². The minimum atomic E-state index is 0.276. The summed E-state index contributed by atoms with van der Waals surface area (Å²) in [4.78, 5) is 12.5. The summed E-state index contributed by atoms with van der Waals surface area (Å²) in [6.07, 6.45) is 2.36. The van der Waals surface area contributed by atoms with E-state index < -0.39 is 0 Å². The Bertz CT molecular complexity index is 498. The molecule has 1 heterocycles. The van der Waals surface area contributed by atoms with E-state index in [-0.39, 0.29) is 5.91 Å². The fourth-order valence-electron chi connectivity index (χ4n) is 2.61. The predicted octanol–water partition coefficient (Wildman–Crippen LogP) is 3.21. The molecule has 1 atom stereocenters. The molecule has 0 spiro atoms. The van der Waals surface area contributed by atoms with Gasteiger partial charge in [-0.2, -0.15) is 0 Å². The Balaban J connectivity index is 2.13. The fourth-order valence-corrected chi connectivity index (χ4v) is 3.95. The Morgan fingerprint density at radius 1 is 1.44 bits per heavy atom. The van der Waals surface area contributed by atoms with Crippen molar-refractivity contribution in [3.05, 3.63) is 31.9 Å². The number of nitrogens with zero attached hydrogens (tertiary/aromatic N) is 1. The zero-order valence-corrected chi connectivity index (χ0v) is 11.9. The average Bonchev–Trinajstić information content (AvgIpc) is 2.95. The van der Waals surface area contributed by atoms with Crippen LogP contribution in [0.25, 0.3) is 0 Å². The van der Waals surface area contributed by atoms with Crippen LogP contribution in [0.2, 0.25) is 5.02 Å². The van der Waals surface area contributed by atoms with E-state index in [1.54, 1.807) is 0 Å². The Kier molecular flexibility index (Phi) is 2.36. The van der Waals surface area contributed by atoms with Gasteiger partial charge in [0.05, 0.1) is 13.1 Å². The van der Waals surface area contributed by atoms with Crippen LogP contribution in [0, 0.1) is 3.57 Å². The number of hydrogen-bond donors (Lipinski definition) is 0. The molecule has 1 aliphatic carbocycles. The largest absolute Gasteiger partial charge is 0.347 e. The maximum absolute atomic E-state index is 12.5. The first-order chi connectivity index (χ1) is 7.52. The lowest BCUT2D eigenvalue weighted by molar-refractivity contribution is -0.849. The number of carbonyl (C=O) groups excluding carboxylic acids is 1. The Morgan fingerprint density at radius 3 is 2.75 bits per heavy atom. The Hall–Kier alpha value is -0.130. The molecule has 3 rings (SSSR count). The summed E-state index contributed by atoms with van der Waals surface area (Å²) in [6.45, 7) is 0.815.